The molecule has 1 atom stereocenters. The van der Waals surface area contributed by atoms with E-state index in [0.717, 1.165) is 5.56 Å². The molecule has 1 rings (SSSR count). The average Bonchev–Trinajstić information content (AvgIpc) is 2.35. The average molecular weight is 253 g/mol. The first-order valence-electron chi connectivity index (χ1n) is 5.27. The molecule has 0 radical (unpaired) electrons. The highest BCUT2D eigenvalue weighted by molar-refractivity contribution is 5.85. The molecule has 7 nitrogen and oxygen atoms in total. The number of nitrogens with zero attached hydrogens (tertiary/aromatic N) is 1. The lowest BCUT2D eigenvalue weighted by Crippen LogP contribution is -2.41. The van der Waals surface area contributed by atoms with Crippen molar-refractivity contribution in [3.8, 4) is 5.88 Å². The lowest BCUT2D eigenvalue weighted by atomic mass is 10.2. The maximum absolute atomic E-state index is 11.5. The van der Waals surface area contributed by atoms with Crippen molar-refractivity contribution in [1.82, 2.24) is 10.3 Å². The molecule has 0 saturated heterocycles. The van der Waals surface area contributed by atoms with E-state index >= 15 is 0 Å². The van der Waals surface area contributed by atoms with Crippen LogP contribution in [0.2, 0.25) is 0 Å². The molecule has 0 spiro atoms. The third kappa shape index (κ3) is 4.38. The zero-order valence-electron chi connectivity index (χ0n) is 9.92. The van der Waals surface area contributed by atoms with Crippen LogP contribution in [0.1, 0.15) is 12.0 Å². The highest BCUT2D eigenvalue weighted by Gasteiger charge is 2.16. The number of aliphatic carboxylic acids is 1. The van der Waals surface area contributed by atoms with Crippen molar-refractivity contribution in [2.45, 2.75) is 19.0 Å². The number of rotatable bonds is 6. The predicted octanol–water partition coefficient (Wildman–Crippen LogP) is -0.492. The molecule has 4 N–H and O–H groups in total. The summed E-state index contributed by atoms with van der Waals surface area (Å²) < 4.78 is 4.94. The summed E-state index contributed by atoms with van der Waals surface area (Å²) in [4.78, 5) is 25.8. The molecule has 18 heavy (non-hydrogen) atoms. The minimum Gasteiger partial charge on any atom is -0.481 e. The van der Waals surface area contributed by atoms with Crippen LogP contribution in [0.25, 0.3) is 0 Å². The molecular formula is C11H15N3O4. The Morgan fingerprint density at radius 2 is 2.33 bits per heavy atom. The van der Waals surface area contributed by atoms with Crippen LogP contribution in [0.4, 0.5) is 0 Å². The molecule has 1 unspecified atom stereocenters. The summed E-state index contributed by atoms with van der Waals surface area (Å²) in [7, 11) is 1.49. The number of carbonyl (C=O) groups is 2. The molecule has 1 heterocycles. The van der Waals surface area contributed by atoms with Crippen molar-refractivity contribution < 1.29 is 19.4 Å². The molecule has 0 aliphatic heterocycles. The summed E-state index contributed by atoms with van der Waals surface area (Å²) in [5, 5.41) is 11.0. The topological polar surface area (TPSA) is 115 Å². The summed E-state index contributed by atoms with van der Waals surface area (Å²) in [6.07, 6.45) is 1.16. The fourth-order valence-corrected chi connectivity index (χ4v) is 1.27. The normalized spacial score (nSPS) is 11.7. The first-order chi connectivity index (χ1) is 8.52. The minimum absolute atomic E-state index is 0.241. The Morgan fingerprint density at radius 3 is 2.94 bits per heavy atom. The molecule has 0 fully saturated rings. The Balaban J connectivity index is 2.49. The van der Waals surface area contributed by atoms with E-state index in [1.54, 1.807) is 18.3 Å². The van der Waals surface area contributed by atoms with E-state index < -0.39 is 24.3 Å². The van der Waals surface area contributed by atoms with Crippen LogP contribution in [0.3, 0.4) is 0 Å². The molecule has 0 aliphatic carbocycles. The third-order valence-electron chi connectivity index (χ3n) is 2.21. The second kappa shape index (κ2) is 6.55. The number of aromatic nitrogens is 1. The van der Waals surface area contributed by atoms with Crippen molar-refractivity contribution in [3.63, 3.8) is 0 Å². The highest BCUT2D eigenvalue weighted by Crippen LogP contribution is 2.08. The number of carbonyl (C=O) groups excluding carboxylic acids is 1. The first-order valence-corrected chi connectivity index (χ1v) is 5.27. The molecular weight excluding hydrogens is 238 g/mol. The summed E-state index contributed by atoms with van der Waals surface area (Å²) in [5.41, 5.74) is 6.20. The van der Waals surface area contributed by atoms with Gasteiger partial charge in [0.2, 0.25) is 11.8 Å². The molecule has 98 valence electrons. The fourth-order valence-electron chi connectivity index (χ4n) is 1.27. The SMILES string of the molecule is COc1cc(CNC(=O)C(N)CC(=O)O)ccn1. The van der Waals surface area contributed by atoms with E-state index in [0.29, 0.717) is 5.88 Å². The van der Waals surface area contributed by atoms with Crippen LogP contribution in [0, 0.1) is 0 Å². The minimum atomic E-state index is -1.11. The fraction of sp³-hybridized carbons (Fsp3) is 0.364. The van der Waals surface area contributed by atoms with Gasteiger partial charge in [0.25, 0.3) is 0 Å². The van der Waals surface area contributed by atoms with Gasteiger partial charge in [0.1, 0.15) is 0 Å². The van der Waals surface area contributed by atoms with E-state index in [1.165, 1.54) is 7.11 Å². The smallest absolute Gasteiger partial charge is 0.305 e. The van der Waals surface area contributed by atoms with Gasteiger partial charge in [-0.15, -0.1) is 0 Å². The van der Waals surface area contributed by atoms with Crippen molar-refractivity contribution in [3.05, 3.63) is 23.9 Å². The molecule has 7 heteroatoms. The van der Waals surface area contributed by atoms with Crippen LogP contribution in [0.5, 0.6) is 5.88 Å². The van der Waals surface area contributed by atoms with Crippen LogP contribution < -0.4 is 15.8 Å². The van der Waals surface area contributed by atoms with Gasteiger partial charge in [-0.2, -0.15) is 0 Å². The Labute approximate surface area is 104 Å². The van der Waals surface area contributed by atoms with Crippen LogP contribution in [0.15, 0.2) is 18.3 Å². The van der Waals surface area contributed by atoms with Crippen LogP contribution in [-0.2, 0) is 16.1 Å². The third-order valence-corrected chi connectivity index (χ3v) is 2.21. The summed E-state index contributed by atoms with van der Waals surface area (Å²) in [5.74, 6) is -1.17. The lowest BCUT2D eigenvalue weighted by Gasteiger charge is -2.10. The van der Waals surface area contributed by atoms with Gasteiger partial charge >= 0.3 is 5.97 Å². The van der Waals surface area contributed by atoms with E-state index in [-0.39, 0.29) is 6.54 Å². The number of pyridine rings is 1. The Morgan fingerprint density at radius 1 is 1.61 bits per heavy atom. The van der Waals surface area contributed by atoms with Crippen LogP contribution >= 0.6 is 0 Å². The van der Waals surface area contributed by atoms with Crippen LogP contribution in [-0.4, -0.2) is 35.1 Å². The Hall–Kier alpha value is -2.15. The summed E-state index contributed by atoms with van der Waals surface area (Å²) >= 11 is 0. The zero-order valence-corrected chi connectivity index (χ0v) is 9.92. The molecule has 1 aromatic heterocycles. The van der Waals surface area contributed by atoms with E-state index in [2.05, 4.69) is 10.3 Å². The van der Waals surface area contributed by atoms with Gasteiger partial charge < -0.3 is 20.9 Å². The number of hydrogen-bond acceptors (Lipinski definition) is 5. The first kappa shape index (κ1) is 13.9. The summed E-state index contributed by atoms with van der Waals surface area (Å²) in [6, 6.07) is 2.33. The van der Waals surface area contributed by atoms with Gasteiger partial charge in [0, 0.05) is 18.8 Å². The lowest BCUT2D eigenvalue weighted by molar-refractivity contribution is -0.139. The maximum Gasteiger partial charge on any atom is 0.305 e. The van der Waals surface area contributed by atoms with E-state index in [9.17, 15) is 9.59 Å². The number of nitrogens with one attached hydrogen (secondary N) is 1. The number of methoxy groups -OCH3 is 1. The number of ether oxygens (including phenoxy) is 1. The van der Waals surface area contributed by atoms with Gasteiger partial charge in [-0.25, -0.2) is 4.98 Å². The monoisotopic (exact) mass is 253 g/mol. The van der Waals surface area contributed by atoms with E-state index in [1.807, 2.05) is 0 Å². The molecule has 0 bridgehead atoms. The maximum atomic E-state index is 11.5. The number of hydrogen-bond donors (Lipinski definition) is 3. The van der Waals surface area contributed by atoms with Crippen molar-refractivity contribution in [2.24, 2.45) is 5.73 Å². The largest absolute Gasteiger partial charge is 0.481 e. The van der Waals surface area contributed by atoms with Crippen molar-refractivity contribution in [1.29, 1.82) is 0 Å². The second-order valence-electron chi connectivity index (χ2n) is 3.63. The molecule has 0 aliphatic rings. The highest BCUT2D eigenvalue weighted by atomic mass is 16.5. The van der Waals surface area contributed by atoms with Gasteiger partial charge in [-0.3, -0.25) is 9.59 Å². The molecule has 1 aromatic rings. The standard InChI is InChI=1S/C11H15N3O4/c1-18-9-4-7(2-3-13-9)6-14-11(17)8(12)5-10(15)16/h2-4,8H,5-6,12H2,1H3,(H,14,17)(H,15,16). The molecule has 0 saturated carbocycles. The van der Waals surface area contributed by atoms with Gasteiger partial charge in [-0.05, 0) is 11.6 Å². The van der Waals surface area contributed by atoms with Gasteiger partial charge in [0.15, 0.2) is 0 Å². The number of nitrogens with two attached hydrogens (primary N) is 1. The molecule has 0 aromatic carbocycles. The Bertz CT molecular complexity index is 436. The second-order valence-corrected chi connectivity index (χ2v) is 3.63. The van der Waals surface area contributed by atoms with Gasteiger partial charge in [0.05, 0.1) is 19.6 Å². The molecule has 1 amide bonds. The van der Waals surface area contributed by atoms with Crippen molar-refractivity contribution in [2.75, 3.05) is 7.11 Å². The number of amides is 1. The van der Waals surface area contributed by atoms with Gasteiger partial charge in [-0.1, -0.05) is 0 Å². The zero-order chi connectivity index (χ0) is 13.5. The number of carboxylic acid groups (broad SMARTS) is 1. The predicted molar refractivity (Wildman–Crippen MR) is 62.9 cm³/mol. The van der Waals surface area contributed by atoms with Crippen molar-refractivity contribution >= 4 is 11.9 Å². The van der Waals surface area contributed by atoms with E-state index in [4.69, 9.17) is 15.6 Å². The number of carboxylic acids is 1. The quantitative estimate of drug-likeness (QED) is 0.630. The Kier molecular flexibility index (Phi) is 5.06. The summed E-state index contributed by atoms with van der Waals surface area (Å²) in [6.45, 7) is 0.241.